The lowest BCUT2D eigenvalue weighted by Crippen LogP contribution is -2.44. The molecule has 0 aromatic heterocycles. The van der Waals surface area contributed by atoms with E-state index in [-0.39, 0.29) is 6.42 Å². The van der Waals surface area contributed by atoms with Gasteiger partial charge >= 0.3 is 12.1 Å². The fourth-order valence-corrected chi connectivity index (χ4v) is 1.61. The molecule has 5 heteroatoms. The van der Waals surface area contributed by atoms with E-state index in [2.05, 4.69) is 5.32 Å². The number of carboxylic acid groups (broad SMARTS) is 1. The maximum absolute atomic E-state index is 11.6. The van der Waals surface area contributed by atoms with Gasteiger partial charge in [-0.3, -0.25) is 0 Å². The number of benzene rings is 1. The zero-order valence-electron chi connectivity index (χ0n) is 12.3. The van der Waals surface area contributed by atoms with Gasteiger partial charge in [-0.25, -0.2) is 9.59 Å². The van der Waals surface area contributed by atoms with Crippen LogP contribution in [0.2, 0.25) is 0 Å². The van der Waals surface area contributed by atoms with Gasteiger partial charge < -0.3 is 15.2 Å². The van der Waals surface area contributed by atoms with Crippen molar-refractivity contribution < 1.29 is 19.4 Å². The van der Waals surface area contributed by atoms with Crippen molar-refractivity contribution in [1.82, 2.24) is 5.32 Å². The number of carboxylic acids is 1. The van der Waals surface area contributed by atoms with Crippen LogP contribution in [0.1, 0.15) is 31.9 Å². The summed E-state index contributed by atoms with van der Waals surface area (Å²) in [6.45, 7) is 7.13. The van der Waals surface area contributed by atoms with Crippen molar-refractivity contribution in [2.75, 3.05) is 0 Å². The van der Waals surface area contributed by atoms with Gasteiger partial charge in [0.2, 0.25) is 0 Å². The van der Waals surface area contributed by atoms with E-state index < -0.39 is 23.7 Å². The van der Waals surface area contributed by atoms with Crippen molar-refractivity contribution in [3.8, 4) is 0 Å². The highest BCUT2D eigenvalue weighted by molar-refractivity contribution is 5.80. The third kappa shape index (κ3) is 5.73. The molecule has 1 atom stereocenters. The largest absolute Gasteiger partial charge is 0.480 e. The summed E-state index contributed by atoms with van der Waals surface area (Å²) < 4.78 is 5.06. The molecule has 1 aromatic rings. The predicted molar refractivity (Wildman–Crippen MR) is 75.7 cm³/mol. The highest BCUT2D eigenvalue weighted by atomic mass is 16.6. The number of aliphatic carboxylic acids is 1. The molecule has 0 aliphatic heterocycles. The van der Waals surface area contributed by atoms with E-state index >= 15 is 0 Å². The second-order valence-electron chi connectivity index (χ2n) is 5.73. The van der Waals surface area contributed by atoms with E-state index in [1.54, 1.807) is 20.8 Å². The molecule has 5 nitrogen and oxygen atoms in total. The Bertz CT molecular complexity index is 474. The zero-order chi connectivity index (χ0) is 15.3. The molecule has 0 aliphatic carbocycles. The smallest absolute Gasteiger partial charge is 0.408 e. The molecule has 1 rings (SSSR count). The van der Waals surface area contributed by atoms with Crippen molar-refractivity contribution in [1.29, 1.82) is 0 Å². The topological polar surface area (TPSA) is 75.6 Å². The van der Waals surface area contributed by atoms with Crippen LogP contribution < -0.4 is 5.32 Å². The van der Waals surface area contributed by atoms with Crippen molar-refractivity contribution in [3.05, 3.63) is 35.4 Å². The van der Waals surface area contributed by atoms with Gasteiger partial charge in [-0.2, -0.15) is 0 Å². The molecular weight excluding hydrogens is 258 g/mol. The van der Waals surface area contributed by atoms with Gasteiger partial charge in [0.1, 0.15) is 11.6 Å². The van der Waals surface area contributed by atoms with Crippen LogP contribution in [0, 0.1) is 6.92 Å². The average Bonchev–Trinajstić information content (AvgIpc) is 2.28. The summed E-state index contributed by atoms with van der Waals surface area (Å²) in [5.41, 5.74) is 1.29. The maximum atomic E-state index is 11.6. The number of rotatable bonds is 4. The molecule has 0 spiro atoms. The minimum absolute atomic E-state index is 0.217. The number of nitrogens with one attached hydrogen (secondary N) is 1. The monoisotopic (exact) mass is 279 g/mol. The van der Waals surface area contributed by atoms with Gasteiger partial charge in [0, 0.05) is 6.42 Å². The summed E-state index contributed by atoms with van der Waals surface area (Å²) in [6.07, 6.45) is -0.508. The first-order valence-electron chi connectivity index (χ1n) is 6.45. The van der Waals surface area contributed by atoms with E-state index in [0.717, 1.165) is 11.1 Å². The number of ether oxygens (including phenoxy) is 1. The van der Waals surface area contributed by atoms with E-state index in [9.17, 15) is 9.59 Å². The first kappa shape index (κ1) is 16.0. The van der Waals surface area contributed by atoms with Crippen LogP contribution in [0.25, 0.3) is 0 Å². The minimum Gasteiger partial charge on any atom is -0.480 e. The second-order valence-corrected chi connectivity index (χ2v) is 5.73. The molecular formula is C15H21NO4. The number of hydrogen-bond acceptors (Lipinski definition) is 3. The zero-order valence-corrected chi connectivity index (χ0v) is 12.3. The molecule has 0 fully saturated rings. The third-order valence-corrected chi connectivity index (χ3v) is 2.55. The molecule has 0 heterocycles. The number of carbonyl (C=O) groups excluding carboxylic acids is 1. The second kappa shape index (κ2) is 6.41. The Morgan fingerprint density at radius 2 is 1.80 bits per heavy atom. The Balaban J connectivity index is 2.68. The normalized spacial score (nSPS) is 12.6. The van der Waals surface area contributed by atoms with Crippen LogP contribution in [0.5, 0.6) is 0 Å². The van der Waals surface area contributed by atoms with Gasteiger partial charge in [0.15, 0.2) is 0 Å². The van der Waals surface area contributed by atoms with Crippen LogP contribution in [-0.2, 0) is 16.0 Å². The number of alkyl carbamates (subject to hydrolysis) is 1. The van der Waals surface area contributed by atoms with Gasteiger partial charge in [-0.15, -0.1) is 0 Å². The molecule has 0 saturated carbocycles. The van der Waals surface area contributed by atoms with E-state index in [1.165, 1.54) is 0 Å². The Morgan fingerprint density at radius 3 is 2.25 bits per heavy atom. The van der Waals surface area contributed by atoms with Gasteiger partial charge in [0.25, 0.3) is 0 Å². The molecule has 2 N–H and O–H groups in total. The molecule has 0 aliphatic rings. The Labute approximate surface area is 118 Å². The standard InChI is InChI=1S/C15H21NO4/c1-10-5-7-11(8-6-10)9-12(13(17)18)16-14(19)20-15(2,3)4/h5-8,12H,9H2,1-4H3,(H,16,19)(H,17,18)/t12-/m0/s1. The van der Waals surface area contributed by atoms with Crippen LogP contribution in [-0.4, -0.2) is 28.8 Å². The number of hydrogen-bond donors (Lipinski definition) is 2. The fraction of sp³-hybridized carbons (Fsp3) is 0.467. The third-order valence-electron chi connectivity index (χ3n) is 2.55. The van der Waals surface area contributed by atoms with Gasteiger partial charge in [0.05, 0.1) is 0 Å². The molecule has 0 unspecified atom stereocenters. The Hall–Kier alpha value is -2.04. The lowest BCUT2D eigenvalue weighted by Gasteiger charge is -2.22. The fourth-order valence-electron chi connectivity index (χ4n) is 1.61. The average molecular weight is 279 g/mol. The number of aryl methyl sites for hydroxylation is 1. The highest BCUT2D eigenvalue weighted by Gasteiger charge is 2.24. The first-order chi connectivity index (χ1) is 9.17. The lowest BCUT2D eigenvalue weighted by molar-refractivity contribution is -0.139. The molecule has 0 bridgehead atoms. The number of carbonyl (C=O) groups is 2. The lowest BCUT2D eigenvalue weighted by atomic mass is 10.0. The van der Waals surface area contributed by atoms with Crippen molar-refractivity contribution in [2.45, 2.75) is 45.8 Å². The van der Waals surface area contributed by atoms with Crippen molar-refractivity contribution in [2.24, 2.45) is 0 Å². The van der Waals surface area contributed by atoms with Crippen molar-refractivity contribution >= 4 is 12.1 Å². The molecule has 0 radical (unpaired) electrons. The van der Waals surface area contributed by atoms with E-state index in [4.69, 9.17) is 9.84 Å². The first-order valence-corrected chi connectivity index (χ1v) is 6.45. The van der Waals surface area contributed by atoms with Crippen LogP contribution in [0.15, 0.2) is 24.3 Å². The summed E-state index contributed by atoms with van der Waals surface area (Å²) in [7, 11) is 0. The van der Waals surface area contributed by atoms with E-state index in [0.29, 0.717) is 0 Å². The summed E-state index contributed by atoms with van der Waals surface area (Å²) in [6, 6.07) is 6.50. The highest BCUT2D eigenvalue weighted by Crippen LogP contribution is 2.09. The SMILES string of the molecule is Cc1ccc(C[C@H](NC(=O)OC(C)(C)C)C(=O)O)cc1. The summed E-state index contributed by atoms with van der Waals surface area (Å²) in [4.78, 5) is 22.8. The maximum Gasteiger partial charge on any atom is 0.408 e. The summed E-state index contributed by atoms with van der Waals surface area (Å²) in [5.74, 6) is -1.09. The minimum atomic E-state index is -1.09. The molecule has 1 amide bonds. The van der Waals surface area contributed by atoms with Crippen LogP contribution in [0.3, 0.4) is 0 Å². The van der Waals surface area contributed by atoms with Gasteiger partial charge in [-0.05, 0) is 33.3 Å². The van der Waals surface area contributed by atoms with E-state index in [1.807, 2.05) is 31.2 Å². The molecule has 110 valence electrons. The Morgan fingerprint density at radius 1 is 1.25 bits per heavy atom. The molecule has 0 saturated heterocycles. The predicted octanol–water partition coefficient (Wildman–Crippen LogP) is 2.52. The van der Waals surface area contributed by atoms with Crippen LogP contribution >= 0.6 is 0 Å². The van der Waals surface area contributed by atoms with Crippen molar-refractivity contribution in [3.63, 3.8) is 0 Å². The Kier molecular flexibility index (Phi) is 5.13. The quantitative estimate of drug-likeness (QED) is 0.888. The van der Waals surface area contributed by atoms with Crippen LogP contribution in [0.4, 0.5) is 4.79 Å². The summed E-state index contributed by atoms with van der Waals surface area (Å²) in [5, 5.41) is 11.5. The summed E-state index contributed by atoms with van der Waals surface area (Å²) >= 11 is 0. The molecule has 20 heavy (non-hydrogen) atoms. The molecule has 1 aromatic carbocycles. The number of amides is 1. The van der Waals surface area contributed by atoms with Gasteiger partial charge in [-0.1, -0.05) is 29.8 Å².